The van der Waals surface area contributed by atoms with Gasteiger partial charge in [-0.2, -0.15) is 0 Å². The minimum atomic E-state index is -1.67. The molecular weight excluding hydrogens is 164 g/mol. The monoisotopic (exact) mass is 182 g/mol. The molecule has 11 heavy (non-hydrogen) atoms. The topological polar surface area (TPSA) is 65.7 Å². The Morgan fingerprint density at radius 3 is 1.45 bits per heavy atom. The molecule has 6 heteroatoms. The van der Waals surface area contributed by atoms with Gasteiger partial charge in [-0.05, 0) is 7.05 Å². The van der Waals surface area contributed by atoms with E-state index in [9.17, 15) is 0 Å². The lowest BCUT2D eigenvalue weighted by Gasteiger charge is -2.05. The molecule has 0 rings (SSSR count). The lowest BCUT2D eigenvalue weighted by molar-refractivity contribution is 0.163. The summed E-state index contributed by atoms with van der Waals surface area (Å²) in [6.45, 7) is 0.569. The van der Waals surface area contributed by atoms with Gasteiger partial charge in [-0.15, -0.1) is 0 Å². The molecular formula is C5H18N2O3Si. The van der Waals surface area contributed by atoms with Crippen molar-refractivity contribution in [3.63, 3.8) is 0 Å². The van der Waals surface area contributed by atoms with Crippen LogP contribution in [0.25, 0.3) is 0 Å². The van der Waals surface area contributed by atoms with Crippen LogP contribution in [-0.2, 0) is 13.3 Å². The maximum atomic E-state index is 4.92. The number of rotatable bonds is 4. The third-order valence-corrected chi connectivity index (χ3v) is 1.94. The molecule has 70 valence electrons. The van der Waals surface area contributed by atoms with E-state index in [2.05, 4.69) is 5.32 Å². The van der Waals surface area contributed by atoms with Crippen LogP contribution in [0.5, 0.6) is 0 Å². The smallest absolute Gasteiger partial charge is 0.379 e. The average Bonchev–Trinajstić information content (AvgIpc) is 2.08. The van der Waals surface area contributed by atoms with Crippen LogP contribution in [-0.4, -0.2) is 44.6 Å². The first-order valence-corrected chi connectivity index (χ1v) is 4.61. The van der Waals surface area contributed by atoms with Crippen molar-refractivity contribution in [3.8, 4) is 0 Å². The van der Waals surface area contributed by atoms with Gasteiger partial charge in [0, 0.05) is 28.0 Å². The van der Waals surface area contributed by atoms with Crippen LogP contribution < -0.4 is 11.1 Å². The van der Waals surface area contributed by atoms with Gasteiger partial charge in [0.25, 0.3) is 0 Å². The van der Waals surface area contributed by atoms with Crippen molar-refractivity contribution in [3.05, 3.63) is 0 Å². The Labute approximate surface area is 69.8 Å². The molecule has 0 heterocycles. The van der Waals surface area contributed by atoms with E-state index in [4.69, 9.17) is 19.0 Å². The number of hydrogen-bond acceptors (Lipinski definition) is 5. The van der Waals surface area contributed by atoms with Gasteiger partial charge in [0.2, 0.25) is 0 Å². The van der Waals surface area contributed by atoms with Gasteiger partial charge in [0.15, 0.2) is 0 Å². The number of hydrogen-bond donors (Lipinski definition) is 2. The SMILES string of the molecule is CNCN.CO[SiH](OC)OC. The van der Waals surface area contributed by atoms with Crippen LogP contribution in [0.2, 0.25) is 0 Å². The molecule has 5 nitrogen and oxygen atoms in total. The van der Waals surface area contributed by atoms with Gasteiger partial charge in [-0.1, -0.05) is 0 Å². The maximum absolute atomic E-state index is 4.92. The molecule has 0 aromatic carbocycles. The summed E-state index contributed by atoms with van der Waals surface area (Å²) in [5.74, 6) is 0. The van der Waals surface area contributed by atoms with Crippen molar-refractivity contribution in [2.45, 2.75) is 0 Å². The van der Waals surface area contributed by atoms with Crippen LogP contribution >= 0.6 is 0 Å². The summed E-state index contributed by atoms with van der Waals surface area (Å²) in [6, 6.07) is 0. The Hall–Kier alpha value is 0.0169. The Kier molecular flexibility index (Phi) is 15.7. The van der Waals surface area contributed by atoms with Gasteiger partial charge >= 0.3 is 9.53 Å². The first-order chi connectivity index (χ1) is 5.26. The molecule has 0 fully saturated rings. The molecule has 0 saturated heterocycles. The molecule has 0 amide bonds. The van der Waals surface area contributed by atoms with E-state index < -0.39 is 9.53 Å². The second-order valence-corrected chi connectivity index (χ2v) is 3.55. The number of nitrogens with two attached hydrogens (primary N) is 1. The Morgan fingerprint density at radius 1 is 1.18 bits per heavy atom. The Morgan fingerprint density at radius 2 is 1.45 bits per heavy atom. The fourth-order valence-electron chi connectivity index (χ4n) is 0.289. The highest BCUT2D eigenvalue weighted by atomic mass is 28.3. The fourth-order valence-corrected chi connectivity index (χ4v) is 0.866. The molecule has 0 spiro atoms. The zero-order valence-corrected chi connectivity index (χ0v) is 8.74. The van der Waals surface area contributed by atoms with Gasteiger partial charge < -0.3 is 24.3 Å². The van der Waals surface area contributed by atoms with E-state index in [1.807, 2.05) is 0 Å². The summed E-state index contributed by atoms with van der Waals surface area (Å²) in [6.07, 6.45) is 0. The molecule has 0 saturated carbocycles. The normalized spacial score (nSPS) is 9.27. The molecule has 0 aliphatic heterocycles. The molecule has 0 aromatic heterocycles. The maximum Gasteiger partial charge on any atom is 0.483 e. The van der Waals surface area contributed by atoms with Crippen LogP contribution in [0.3, 0.4) is 0 Å². The van der Waals surface area contributed by atoms with Crippen LogP contribution in [0, 0.1) is 0 Å². The summed E-state index contributed by atoms with van der Waals surface area (Å²) in [5, 5.41) is 2.71. The highest BCUT2D eigenvalue weighted by Gasteiger charge is 2.04. The lowest BCUT2D eigenvalue weighted by Crippen LogP contribution is -2.21. The number of nitrogens with one attached hydrogen (secondary N) is 1. The predicted octanol–water partition coefficient (Wildman–Crippen LogP) is -1.24. The summed E-state index contributed by atoms with van der Waals surface area (Å²) < 4.78 is 14.2. The van der Waals surface area contributed by atoms with Crippen molar-refractivity contribution < 1.29 is 13.3 Å². The molecule has 0 aliphatic carbocycles. The predicted molar refractivity (Wildman–Crippen MR) is 46.3 cm³/mol. The minimum Gasteiger partial charge on any atom is -0.379 e. The minimum absolute atomic E-state index is 0.569. The van der Waals surface area contributed by atoms with Crippen molar-refractivity contribution in [2.24, 2.45) is 5.73 Å². The highest BCUT2D eigenvalue weighted by Crippen LogP contribution is 1.81. The van der Waals surface area contributed by atoms with Gasteiger partial charge in [0.1, 0.15) is 0 Å². The Bertz CT molecular complexity index is 56.2. The molecule has 0 aromatic rings. The third kappa shape index (κ3) is 13.1. The molecule has 0 atom stereocenters. The average molecular weight is 182 g/mol. The summed E-state index contributed by atoms with van der Waals surface area (Å²) in [7, 11) is 4.85. The van der Waals surface area contributed by atoms with E-state index >= 15 is 0 Å². The Balaban J connectivity index is 0. The molecule has 0 bridgehead atoms. The van der Waals surface area contributed by atoms with Gasteiger partial charge in [-0.25, -0.2) is 0 Å². The molecule has 3 N–H and O–H groups in total. The quantitative estimate of drug-likeness (QED) is 0.421. The highest BCUT2D eigenvalue weighted by molar-refractivity contribution is 6.36. The summed E-state index contributed by atoms with van der Waals surface area (Å²) in [5.41, 5.74) is 4.92. The van der Waals surface area contributed by atoms with Crippen molar-refractivity contribution in [1.29, 1.82) is 0 Å². The van der Waals surface area contributed by atoms with Crippen molar-refractivity contribution >= 4 is 9.53 Å². The van der Waals surface area contributed by atoms with E-state index in [-0.39, 0.29) is 0 Å². The first kappa shape index (κ1) is 13.6. The van der Waals surface area contributed by atoms with Crippen LogP contribution in [0.1, 0.15) is 0 Å². The van der Waals surface area contributed by atoms with Crippen LogP contribution in [0.15, 0.2) is 0 Å². The summed E-state index contributed by atoms with van der Waals surface area (Å²) in [4.78, 5) is 0. The van der Waals surface area contributed by atoms with E-state index in [1.54, 1.807) is 28.4 Å². The zero-order chi connectivity index (χ0) is 9.11. The van der Waals surface area contributed by atoms with Gasteiger partial charge in [-0.3, -0.25) is 0 Å². The van der Waals surface area contributed by atoms with E-state index in [1.165, 1.54) is 0 Å². The molecule has 0 unspecified atom stereocenters. The lowest BCUT2D eigenvalue weighted by atomic mass is 11.1. The zero-order valence-electron chi connectivity index (χ0n) is 7.59. The van der Waals surface area contributed by atoms with E-state index in [0.717, 1.165) is 0 Å². The second-order valence-electron chi connectivity index (χ2n) is 1.55. The largest absolute Gasteiger partial charge is 0.483 e. The van der Waals surface area contributed by atoms with Crippen LogP contribution in [0.4, 0.5) is 0 Å². The van der Waals surface area contributed by atoms with E-state index in [0.29, 0.717) is 6.67 Å². The summed E-state index contributed by atoms with van der Waals surface area (Å²) >= 11 is 0. The fraction of sp³-hybridized carbons (Fsp3) is 1.00. The van der Waals surface area contributed by atoms with Crippen molar-refractivity contribution in [2.75, 3.05) is 35.0 Å². The second kappa shape index (κ2) is 12.7. The standard InChI is InChI=1S/C3H10O3Si.C2H8N2/c1-4-7(5-2)6-3;1-4-2-3/h7H,1-3H3;4H,2-3H2,1H3. The third-order valence-electron chi connectivity index (χ3n) is 0.781. The first-order valence-electron chi connectivity index (χ1n) is 3.19. The van der Waals surface area contributed by atoms with Crippen molar-refractivity contribution in [1.82, 2.24) is 5.32 Å². The van der Waals surface area contributed by atoms with Gasteiger partial charge in [0.05, 0.1) is 0 Å². The molecule has 0 aliphatic rings. The molecule has 0 radical (unpaired) electrons.